The first-order valence-electron chi connectivity index (χ1n) is 6.53. The molecule has 2 nitrogen and oxygen atoms in total. The lowest BCUT2D eigenvalue weighted by atomic mass is 10.1. The van der Waals surface area contributed by atoms with Crippen LogP contribution in [-0.4, -0.2) is 8.32 Å². The van der Waals surface area contributed by atoms with Crippen LogP contribution in [0.2, 0.25) is 18.1 Å². The molecule has 0 aliphatic rings. The molecule has 0 unspecified atom stereocenters. The summed E-state index contributed by atoms with van der Waals surface area (Å²) in [6, 6.07) is 10.1. The predicted octanol–water partition coefficient (Wildman–Crippen LogP) is 5.00. The van der Waals surface area contributed by atoms with E-state index in [0.29, 0.717) is 0 Å². The maximum atomic E-state index is 8.71. The minimum atomic E-state index is -1.81. The molecule has 0 aliphatic heterocycles. The first-order valence-corrected chi connectivity index (χ1v) is 9.44. The monoisotopic (exact) mass is 273 g/mol. The zero-order valence-electron chi connectivity index (χ0n) is 12.7. The van der Waals surface area contributed by atoms with Gasteiger partial charge in [0, 0.05) is 6.08 Å². The quantitative estimate of drug-likeness (QED) is 0.573. The summed E-state index contributed by atoms with van der Waals surface area (Å²) >= 11 is 0. The van der Waals surface area contributed by atoms with Gasteiger partial charge in [0.1, 0.15) is 5.75 Å². The van der Waals surface area contributed by atoms with Crippen molar-refractivity contribution in [2.75, 3.05) is 0 Å². The molecule has 19 heavy (non-hydrogen) atoms. The van der Waals surface area contributed by atoms with Crippen molar-refractivity contribution in [3.63, 3.8) is 0 Å². The van der Waals surface area contributed by atoms with E-state index in [1.807, 2.05) is 31.2 Å². The molecule has 0 heterocycles. The van der Waals surface area contributed by atoms with Gasteiger partial charge in [-0.15, -0.1) is 0 Å². The molecule has 0 aromatic heterocycles. The maximum absolute atomic E-state index is 8.71. The van der Waals surface area contributed by atoms with Crippen molar-refractivity contribution >= 4 is 13.9 Å². The van der Waals surface area contributed by atoms with Crippen molar-refractivity contribution in [1.82, 2.24) is 0 Å². The Morgan fingerprint density at radius 3 is 2.47 bits per heavy atom. The molecule has 0 bridgehead atoms. The zero-order chi connectivity index (χ0) is 14.7. The van der Waals surface area contributed by atoms with Gasteiger partial charge in [0.15, 0.2) is 0 Å². The van der Waals surface area contributed by atoms with Gasteiger partial charge in [-0.05, 0) is 48.3 Å². The van der Waals surface area contributed by atoms with Crippen LogP contribution in [0, 0.1) is 11.3 Å². The summed E-state index contributed by atoms with van der Waals surface area (Å²) in [7, 11) is -1.81. The van der Waals surface area contributed by atoms with Gasteiger partial charge in [-0.1, -0.05) is 32.9 Å². The lowest BCUT2D eigenvalue weighted by Crippen LogP contribution is -2.43. The van der Waals surface area contributed by atoms with Crippen molar-refractivity contribution < 1.29 is 4.43 Å². The minimum absolute atomic E-state index is 0.181. The first-order chi connectivity index (χ1) is 8.67. The summed E-state index contributed by atoms with van der Waals surface area (Å²) in [5.74, 6) is 0.898. The fraction of sp³-hybridized carbons (Fsp3) is 0.438. The molecule has 0 amide bonds. The maximum Gasteiger partial charge on any atom is 0.250 e. The van der Waals surface area contributed by atoms with E-state index in [-0.39, 0.29) is 5.04 Å². The second kappa shape index (κ2) is 5.62. The van der Waals surface area contributed by atoms with Crippen LogP contribution in [0.15, 0.2) is 30.3 Å². The van der Waals surface area contributed by atoms with Gasteiger partial charge >= 0.3 is 0 Å². The Morgan fingerprint density at radius 1 is 1.32 bits per heavy atom. The molecule has 3 heteroatoms. The Balaban J connectivity index is 3.03. The van der Waals surface area contributed by atoms with Crippen molar-refractivity contribution in [1.29, 1.82) is 5.26 Å². The Kier molecular flexibility index (Phi) is 4.59. The lowest BCUT2D eigenvalue weighted by Gasteiger charge is -2.36. The summed E-state index contributed by atoms with van der Waals surface area (Å²) in [5.41, 5.74) is 2.00. The molecule has 0 fully saturated rings. The van der Waals surface area contributed by atoms with Gasteiger partial charge < -0.3 is 4.43 Å². The van der Waals surface area contributed by atoms with E-state index in [2.05, 4.69) is 39.9 Å². The summed E-state index contributed by atoms with van der Waals surface area (Å²) in [5, 5.41) is 8.89. The van der Waals surface area contributed by atoms with Crippen molar-refractivity contribution in [2.24, 2.45) is 0 Å². The Hall–Kier alpha value is -1.53. The highest BCUT2D eigenvalue weighted by atomic mass is 28.4. The van der Waals surface area contributed by atoms with Gasteiger partial charge in [-0.2, -0.15) is 5.26 Å². The molecule has 1 rings (SSSR count). The minimum Gasteiger partial charge on any atom is -0.543 e. The molecule has 0 atom stereocenters. The number of benzene rings is 1. The zero-order valence-corrected chi connectivity index (χ0v) is 13.7. The normalized spacial score (nSPS) is 13.0. The van der Waals surface area contributed by atoms with Crippen LogP contribution >= 0.6 is 0 Å². The third kappa shape index (κ3) is 3.97. The lowest BCUT2D eigenvalue weighted by molar-refractivity contribution is 0.492. The smallest absolute Gasteiger partial charge is 0.250 e. The SMILES string of the molecule is C/C(=C/C#N)c1cccc(O[Si](C)(C)C(C)(C)C)c1. The molecule has 0 N–H and O–H groups in total. The molecule has 0 aliphatic carbocycles. The van der Waals surface area contributed by atoms with Crippen LogP contribution in [0.1, 0.15) is 33.3 Å². The van der Waals surface area contributed by atoms with Gasteiger partial charge in [0.05, 0.1) is 6.07 Å². The van der Waals surface area contributed by atoms with E-state index in [4.69, 9.17) is 9.69 Å². The number of nitriles is 1. The Labute approximate surface area is 117 Å². The number of nitrogens with zero attached hydrogens (tertiary/aromatic N) is 1. The summed E-state index contributed by atoms with van der Waals surface area (Å²) in [4.78, 5) is 0. The average Bonchev–Trinajstić information content (AvgIpc) is 2.27. The van der Waals surface area contributed by atoms with E-state index in [1.165, 1.54) is 0 Å². The highest BCUT2D eigenvalue weighted by Crippen LogP contribution is 2.37. The molecular formula is C16H23NOSi. The summed E-state index contributed by atoms with van der Waals surface area (Å²) in [6.45, 7) is 13.1. The van der Waals surface area contributed by atoms with Gasteiger partial charge in [-0.3, -0.25) is 0 Å². The van der Waals surface area contributed by atoms with Crippen LogP contribution in [-0.2, 0) is 0 Å². The van der Waals surface area contributed by atoms with Crippen LogP contribution < -0.4 is 4.43 Å². The number of allylic oxidation sites excluding steroid dienone is 2. The van der Waals surface area contributed by atoms with Crippen molar-refractivity contribution in [3.8, 4) is 11.8 Å². The van der Waals surface area contributed by atoms with Gasteiger partial charge in [0.25, 0.3) is 0 Å². The number of rotatable bonds is 3. The van der Waals surface area contributed by atoms with E-state index in [0.717, 1.165) is 16.9 Å². The largest absolute Gasteiger partial charge is 0.543 e. The van der Waals surface area contributed by atoms with Crippen molar-refractivity contribution in [2.45, 2.75) is 45.8 Å². The van der Waals surface area contributed by atoms with Crippen LogP contribution in [0.3, 0.4) is 0 Å². The van der Waals surface area contributed by atoms with E-state index in [1.54, 1.807) is 6.08 Å². The predicted molar refractivity (Wildman–Crippen MR) is 83.5 cm³/mol. The van der Waals surface area contributed by atoms with E-state index in [9.17, 15) is 0 Å². The topological polar surface area (TPSA) is 33.0 Å². The molecule has 0 saturated heterocycles. The summed E-state index contributed by atoms with van der Waals surface area (Å²) in [6.07, 6.45) is 1.56. The molecule has 1 aromatic carbocycles. The second-order valence-corrected chi connectivity index (χ2v) is 11.1. The van der Waals surface area contributed by atoms with Gasteiger partial charge in [-0.25, -0.2) is 0 Å². The highest BCUT2D eigenvalue weighted by molar-refractivity contribution is 6.74. The Morgan fingerprint density at radius 2 is 1.95 bits per heavy atom. The second-order valence-electron chi connectivity index (χ2n) is 6.35. The standard InChI is InChI=1S/C16H23NOSi/c1-13(10-11-17)14-8-7-9-15(12-14)18-19(5,6)16(2,3)4/h7-10,12H,1-6H3/b13-10-. The van der Waals surface area contributed by atoms with Gasteiger partial charge in [0.2, 0.25) is 8.32 Å². The van der Waals surface area contributed by atoms with Crippen molar-refractivity contribution in [3.05, 3.63) is 35.9 Å². The Bertz CT molecular complexity index is 518. The molecular weight excluding hydrogens is 250 g/mol. The van der Waals surface area contributed by atoms with Crippen LogP contribution in [0.4, 0.5) is 0 Å². The summed E-state index contributed by atoms with van der Waals surface area (Å²) < 4.78 is 6.26. The van der Waals surface area contributed by atoms with E-state index < -0.39 is 8.32 Å². The first kappa shape index (κ1) is 15.5. The fourth-order valence-corrected chi connectivity index (χ4v) is 2.46. The fourth-order valence-electron chi connectivity index (χ4n) is 1.43. The van der Waals surface area contributed by atoms with E-state index >= 15 is 0 Å². The average molecular weight is 273 g/mol. The molecule has 102 valence electrons. The number of hydrogen-bond acceptors (Lipinski definition) is 2. The molecule has 0 spiro atoms. The molecule has 0 radical (unpaired) electrons. The number of hydrogen-bond donors (Lipinski definition) is 0. The molecule has 0 saturated carbocycles. The molecule has 1 aromatic rings. The van der Waals surface area contributed by atoms with Crippen LogP contribution in [0.5, 0.6) is 5.75 Å². The van der Waals surface area contributed by atoms with Crippen LogP contribution in [0.25, 0.3) is 5.57 Å². The highest BCUT2D eigenvalue weighted by Gasteiger charge is 2.38. The third-order valence-corrected chi connectivity index (χ3v) is 8.11. The third-order valence-electron chi connectivity index (χ3n) is 3.75.